The van der Waals surface area contributed by atoms with Gasteiger partial charge in [-0.3, -0.25) is 9.59 Å². The van der Waals surface area contributed by atoms with Crippen LogP contribution in [-0.2, 0) is 6.54 Å². The van der Waals surface area contributed by atoms with Gasteiger partial charge in [-0.15, -0.1) is 5.11 Å². The molecule has 1 aliphatic heterocycles. The topological polar surface area (TPSA) is 88.7 Å². The first kappa shape index (κ1) is 16.8. The summed E-state index contributed by atoms with van der Waals surface area (Å²) >= 11 is 0. The van der Waals surface area contributed by atoms with E-state index < -0.39 is 0 Å². The van der Waals surface area contributed by atoms with E-state index in [1.165, 1.54) is 0 Å². The molecule has 0 saturated heterocycles. The van der Waals surface area contributed by atoms with Gasteiger partial charge in [0.2, 0.25) is 0 Å². The summed E-state index contributed by atoms with van der Waals surface area (Å²) in [6, 6.07) is 14.3. The lowest BCUT2D eigenvalue weighted by Crippen LogP contribution is -2.29. The van der Waals surface area contributed by atoms with E-state index in [0.29, 0.717) is 17.7 Å². The monoisotopic (exact) mass is 359 g/mol. The number of fused-ring (bicyclic) bond motifs is 1. The molecule has 1 aliphatic rings. The van der Waals surface area contributed by atoms with E-state index in [0.717, 1.165) is 11.1 Å². The summed E-state index contributed by atoms with van der Waals surface area (Å²) in [5, 5.41) is 10.6. The number of aromatic nitrogens is 2. The van der Waals surface area contributed by atoms with Crippen LogP contribution in [0.4, 0.5) is 0 Å². The second-order valence-corrected chi connectivity index (χ2v) is 6.27. The fourth-order valence-electron chi connectivity index (χ4n) is 3.02. The van der Waals surface area contributed by atoms with Gasteiger partial charge >= 0.3 is 0 Å². The quantitative estimate of drug-likeness (QED) is 0.759. The molecule has 7 nitrogen and oxygen atoms in total. The van der Waals surface area contributed by atoms with Crippen LogP contribution in [0.3, 0.4) is 0 Å². The maximum atomic E-state index is 12.4. The fourth-order valence-corrected chi connectivity index (χ4v) is 3.02. The maximum Gasteiger partial charge on any atom is 0.295 e. The fraction of sp³-hybridized carbons (Fsp3) is 0.150. The first-order chi connectivity index (χ1) is 13.2. The van der Waals surface area contributed by atoms with Gasteiger partial charge in [-0.05, 0) is 29.3 Å². The van der Waals surface area contributed by atoms with Crippen LogP contribution in [0.2, 0.25) is 0 Å². The first-order valence-corrected chi connectivity index (χ1v) is 8.58. The highest BCUT2D eigenvalue weighted by molar-refractivity contribution is 5.97. The number of benzene rings is 2. The predicted molar refractivity (Wildman–Crippen MR) is 98.5 cm³/mol. The van der Waals surface area contributed by atoms with Gasteiger partial charge in [0.15, 0.2) is 0 Å². The molecule has 4 rings (SSSR count). The van der Waals surface area contributed by atoms with Crippen LogP contribution < -0.4 is 5.32 Å². The van der Waals surface area contributed by atoms with Crippen molar-refractivity contribution >= 4 is 11.8 Å². The van der Waals surface area contributed by atoms with E-state index >= 15 is 0 Å². The van der Waals surface area contributed by atoms with Crippen molar-refractivity contribution in [3.63, 3.8) is 0 Å². The summed E-state index contributed by atoms with van der Waals surface area (Å²) < 4.78 is 1.96. The van der Waals surface area contributed by atoms with Crippen LogP contribution in [0.15, 0.2) is 77.5 Å². The van der Waals surface area contributed by atoms with E-state index in [9.17, 15) is 9.59 Å². The second-order valence-electron chi connectivity index (χ2n) is 6.27. The third-order valence-corrected chi connectivity index (χ3v) is 4.43. The zero-order valence-electron chi connectivity index (χ0n) is 14.4. The molecule has 0 spiro atoms. The van der Waals surface area contributed by atoms with Crippen molar-refractivity contribution in [3.8, 4) is 0 Å². The minimum atomic E-state index is -0.358. The molecule has 1 atom stereocenters. The third-order valence-electron chi connectivity index (χ3n) is 4.43. The predicted octanol–water partition coefficient (Wildman–Crippen LogP) is 3.01. The number of hydrogen-bond donors (Lipinski definition) is 1. The van der Waals surface area contributed by atoms with Crippen LogP contribution in [0.1, 0.15) is 37.9 Å². The highest BCUT2D eigenvalue weighted by Gasteiger charge is 2.23. The molecule has 0 aliphatic carbocycles. The van der Waals surface area contributed by atoms with Crippen molar-refractivity contribution < 1.29 is 9.59 Å². The molecular formula is C20H17N5O2. The molecule has 2 heterocycles. The van der Waals surface area contributed by atoms with Crippen molar-refractivity contribution in [2.45, 2.75) is 12.6 Å². The van der Waals surface area contributed by atoms with Gasteiger partial charge in [0.25, 0.3) is 11.8 Å². The van der Waals surface area contributed by atoms with Crippen LogP contribution in [0, 0.1) is 0 Å². The summed E-state index contributed by atoms with van der Waals surface area (Å²) in [6.07, 6.45) is 5.37. The Labute approximate surface area is 155 Å². The van der Waals surface area contributed by atoms with E-state index in [-0.39, 0.29) is 24.4 Å². The largest absolute Gasteiger partial charge is 0.349 e. The number of rotatable bonds is 5. The third kappa shape index (κ3) is 3.67. The summed E-state index contributed by atoms with van der Waals surface area (Å²) in [6.45, 7) is 0.985. The van der Waals surface area contributed by atoms with Gasteiger partial charge in [-0.25, -0.2) is 4.98 Å². The molecule has 2 aromatic carbocycles. The van der Waals surface area contributed by atoms with E-state index in [2.05, 4.69) is 20.5 Å². The van der Waals surface area contributed by atoms with Crippen LogP contribution in [0.25, 0.3) is 0 Å². The molecule has 2 amide bonds. The summed E-state index contributed by atoms with van der Waals surface area (Å²) in [4.78, 5) is 28.2. The van der Waals surface area contributed by atoms with Crippen molar-refractivity contribution in [3.05, 3.63) is 89.5 Å². The number of azo groups is 1. The average Bonchev–Trinajstić information content (AvgIpc) is 3.21. The highest BCUT2D eigenvalue weighted by Crippen LogP contribution is 2.26. The molecular weight excluding hydrogens is 342 g/mol. The highest BCUT2D eigenvalue weighted by atomic mass is 16.2. The summed E-state index contributed by atoms with van der Waals surface area (Å²) in [7, 11) is 0. The number of amides is 2. The Morgan fingerprint density at radius 3 is 2.70 bits per heavy atom. The lowest BCUT2D eigenvalue weighted by molar-refractivity contribution is 0.0950. The zero-order chi connectivity index (χ0) is 18.6. The van der Waals surface area contributed by atoms with Gasteiger partial charge in [0.1, 0.15) is 6.04 Å². The van der Waals surface area contributed by atoms with E-state index in [4.69, 9.17) is 0 Å². The van der Waals surface area contributed by atoms with Gasteiger partial charge in [-0.1, -0.05) is 30.3 Å². The maximum absolute atomic E-state index is 12.4. The smallest absolute Gasteiger partial charge is 0.295 e. The van der Waals surface area contributed by atoms with E-state index in [1.807, 2.05) is 35.0 Å². The van der Waals surface area contributed by atoms with E-state index in [1.54, 1.807) is 36.8 Å². The molecule has 7 heteroatoms. The number of carbonyl (C=O) groups is 2. The summed E-state index contributed by atoms with van der Waals surface area (Å²) in [5.74, 6) is -0.532. The molecule has 0 saturated carbocycles. The molecule has 27 heavy (non-hydrogen) atoms. The zero-order valence-corrected chi connectivity index (χ0v) is 14.4. The summed E-state index contributed by atoms with van der Waals surface area (Å²) in [5.41, 5.74) is 2.98. The molecule has 1 unspecified atom stereocenters. The Balaban J connectivity index is 1.39. The second kappa shape index (κ2) is 7.33. The van der Waals surface area contributed by atoms with Crippen molar-refractivity contribution in [2.75, 3.05) is 6.54 Å². The molecule has 3 aromatic rings. The Bertz CT molecular complexity index is 993. The number of carbonyl (C=O) groups excluding carboxylic acids is 2. The minimum absolute atomic E-state index is 0.186. The van der Waals surface area contributed by atoms with Gasteiger partial charge in [-0.2, -0.15) is 5.11 Å². The minimum Gasteiger partial charge on any atom is -0.349 e. The molecule has 0 fully saturated rings. The Morgan fingerprint density at radius 1 is 1.11 bits per heavy atom. The molecule has 1 N–H and O–H groups in total. The van der Waals surface area contributed by atoms with Gasteiger partial charge < -0.3 is 9.88 Å². The number of nitrogens with zero attached hydrogens (tertiary/aromatic N) is 4. The average molecular weight is 359 g/mol. The Kier molecular flexibility index (Phi) is 4.57. The molecule has 134 valence electrons. The van der Waals surface area contributed by atoms with Gasteiger partial charge in [0.05, 0.1) is 6.33 Å². The van der Waals surface area contributed by atoms with Crippen molar-refractivity contribution in [1.29, 1.82) is 0 Å². The number of imidazole rings is 1. The lowest BCUT2D eigenvalue weighted by Gasteiger charge is -2.18. The number of hydrogen-bond acceptors (Lipinski definition) is 4. The first-order valence-electron chi connectivity index (χ1n) is 8.58. The number of nitrogens with one attached hydrogen (secondary N) is 1. The van der Waals surface area contributed by atoms with Crippen molar-refractivity contribution in [2.24, 2.45) is 10.2 Å². The molecule has 0 bridgehead atoms. The van der Waals surface area contributed by atoms with Crippen molar-refractivity contribution in [1.82, 2.24) is 14.9 Å². The van der Waals surface area contributed by atoms with Crippen LogP contribution >= 0.6 is 0 Å². The molecule has 1 aromatic heterocycles. The normalized spacial score (nSPS) is 15.4. The standard InChI is InChI=1S/C20H17N5O2/c26-19(15-7-5-14(6-8-15)12-25-10-9-21-13-25)22-11-18-16-3-1-2-4-17(16)20(27)24-23-18/h1-10,13,18H,11-12H2,(H,22,26). The lowest BCUT2D eigenvalue weighted by atomic mass is 9.99. The van der Waals surface area contributed by atoms with Crippen LogP contribution in [-0.4, -0.2) is 27.9 Å². The van der Waals surface area contributed by atoms with Crippen LogP contribution in [0.5, 0.6) is 0 Å². The van der Waals surface area contributed by atoms with Gasteiger partial charge in [0, 0.05) is 36.6 Å². The SMILES string of the molecule is O=C(NCC1N=NC(=O)c2ccccc21)c1ccc(Cn2ccnc2)cc1. The Hall–Kier alpha value is -3.61. The molecule has 0 radical (unpaired) electrons. The Morgan fingerprint density at radius 2 is 1.93 bits per heavy atom.